The Labute approximate surface area is 181 Å². The molecule has 0 spiro atoms. The van der Waals surface area contributed by atoms with Crippen molar-refractivity contribution >= 4 is 11.6 Å². The maximum atomic E-state index is 12.8. The van der Waals surface area contributed by atoms with E-state index in [-0.39, 0.29) is 11.9 Å². The van der Waals surface area contributed by atoms with Gasteiger partial charge in [-0.15, -0.1) is 0 Å². The highest BCUT2D eigenvalue weighted by atomic mass is 16.5. The molecule has 0 unspecified atom stereocenters. The van der Waals surface area contributed by atoms with Gasteiger partial charge in [0, 0.05) is 18.8 Å². The molecule has 4 heteroatoms. The molecule has 30 heavy (non-hydrogen) atoms. The summed E-state index contributed by atoms with van der Waals surface area (Å²) in [5, 5.41) is 3.13. The number of ether oxygens (including phenoxy) is 1. The van der Waals surface area contributed by atoms with E-state index in [9.17, 15) is 4.79 Å². The van der Waals surface area contributed by atoms with E-state index >= 15 is 0 Å². The zero-order valence-corrected chi connectivity index (χ0v) is 19.1. The molecule has 1 fully saturated rings. The lowest BCUT2D eigenvalue weighted by molar-refractivity contribution is -0.128. The van der Waals surface area contributed by atoms with E-state index in [0.717, 1.165) is 41.4 Å². The van der Waals surface area contributed by atoms with E-state index in [1.807, 2.05) is 39.8 Å². The van der Waals surface area contributed by atoms with Gasteiger partial charge in [0.05, 0.1) is 6.04 Å². The van der Waals surface area contributed by atoms with Crippen molar-refractivity contribution in [2.45, 2.75) is 66.0 Å². The second-order valence-electron chi connectivity index (χ2n) is 8.85. The lowest BCUT2D eigenvalue weighted by Gasteiger charge is -2.33. The fourth-order valence-corrected chi connectivity index (χ4v) is 4.27. The molecular weight excluding hydrogens is 372 g/mol. The SMILES string of the molecule is CC[C@H](Oc1cc(C)cc(C)c1)C(=O)N[C@@H](C)c1ccc(N2CCC[C@H](C)C2)cc1. The number of piperidine rings is 1. The third kappa shape index (κ3) is 5.78. The standard InChI is InChI=1S/C26H36N2O2/c1-6-25(30-24-15-19(3)14-20(4)16-24)26(29)27-21(5)22-9-11-23(12-10-22)28-13-7-8-18(2)17-28/h9-12,14-16,18,21,25H,6-8,13,17H2,1-5H3,(H,27,29)/t18-,21-,25-/m0/s1. The molecule has 0 saturated carbocycles. The van der Waals surface area contributed by atoms with Crippen LogP contribution < -0.4 is 15.0 Å². The quantitative estimate of drug-likeness (QED) is 0.651. The number of carbonyl (C=O) groups is 1. The maximum absolute atomic E-state index is 12.8. The van der Waals surface area contributed by atoms with Crippen LogP contribution in [0.2, 0.25) is 0 Å². The van der Waals surface area contributed by atoms with Gasteiger partial charge in [-0.3, -0.25) is 4.79 Å². The molecule has 1 N–H and O–H groups in total. The molecule has 1 aliphatic heterocycles. The third-order valence-corrected chi connectivity index (χ3v) is 5.91. The molecule has 162 valence electrons. The van der Waals surface area contributed by atoms with E-state index in [1.165, 1.54) is 18.5 Å². The number of aryl methyl sites for hydroxylation is 2. The van der Waals surface area contributed by atoms with E-state index in [2.05, 4.69) is 47.5 Å². The van der Waals surface area contributed by atoms with Gasteiger partial charge in [0.15, 0.2) is 6.10 Å². The minimum atomic E-state index is -0.497. The first-order valence-electron chi connectivity index (χ1n) is 11.3. The van der Waals surface area contributed by atoms with Crippen molar-refractivity contribution in [3.8, 4) is 5.75 Å². The maximum Gasteiger partial charge on any atom is 0.261 e. The van der Waals surface area contributed by atoms with Crippen molar-refractivity contribution in [1.29, 1.82) is 0 Å². The molecule has 0 bridgehead atoms. The molecular formula is C26H36N2O2. The number of anilines is 1. The van der Waals surface area contributed by atoms with Gasteiger partial charge < -0.3 is 15.0 Å². The van der Waals surface area contributed by atoms with E-state index in [4.69, 9.17) is 4.74 Å². The average Bonchev–Trinajstić information content (AvgIpc) is 2.71. The second-order valence-corrected chi connectivity index (χ2v) is 8.85. The fraction of sp³-hybridized carbons (Fsp3) is 0.500. The normalized spacial score (nSPS) is 18.6. The van der Waals surface area contributed by atoms with Crippen molar-refractivity contribution in [1.82, 2.24) is 5.32 Å². The summed E-state index contributed by atoms with van der Waals surface area (Å²) in [6, 6.07) is 14.6. The minimum absolute atomic E-state index is 0.0660. The lowest BCUT2D eigenvalue weighted by Crippen LogP contribution is -2.39. The Morgan fingerprint density at radius 3 is 2.43 bits per heavy atom. The summed E-state index contributed by atoms with van der Waals surface area (Å²) in [6.07, 6.45) is 2.70. The number of carbonyl (C=O) groups excluding carboxylic acids is 1. The Morgan fingerprint density at radius 1 is 1.17 bits per heavy atom. The number of rotatable bonds is 7. The Bertz CT molecular complexity index is 826. The summed E-state index contributed by atoms with van der Waals surface area (Å²) in [4.78, 5) is 15.3. The first kappa shape index (κ1) is 22.2. The summed E-state index contributed by atoms with van der Waals surface area (Å²) in [5.74, 6) is 1.43. The van der Waals surface area contributed by atoms with Crippen molar-refractivity contribution in [3.05, 3.63) is 59.2 Å². The number of nitrogens with zero attached hydrogens (tertiary/aromatic N) is 1. The molecule has 2 aromatic rings. The number of hydrogen-bond acceptors (Lipinski definition) is 3. The van der Waals surface area contributed by atoms with Gasteiger partial charge in [0.1, 0.15) is 5.75 Å². The number of nitrogens with one attached hydrogen (secondary N) is 1. The van der Waals surface area contributed by atoms with Crippen LogP contribution in [-0.2, 0) is 4.79 Å². The van der Waals surface area contributed by atoms with Crippen LogP contribution in [0, 0.1) is 19.8 Å². The van der Waals surface area contributed by atoms with Crippen LogP contribution in [0.5, 0.6) is 5.75 Å². The summed E-state index contributed by atoms with van der Waals surface area (Å²) >= 11 is 0. The monoisotopic (exact) mass is 408 g/mol. The predicted molar refractivity (Wildman–Crippen MR) is 124 cm³/mol. The summed E-state index contributed by atoms with van der Waals surface area (Å²) in [5.41, 5.74) is 4.65. The fourth-order valence-electron chi connectivity index (χ4n) is 4.27. The molecule has 0 aliphatic carbocycles. The van der Waals surface area contributed by atoms with Crippen LogP contribution in [0.15, 0.2) is 42.5 Å². The van der Waals surface area contributed by atoms with E-state index in [1.54, 1.807) is 0 Å². The van der Waals surface area contributed by atoms with Crippen LogP contribution in [0.3, 0.4) is 0 Å². The van der Waals surface area contributed by atoms with Crippen LogP contribution in [-0.4, -0.2) is 25.1 Å². The van der Waals surface area contributed by atoms with Crippen LogP contribution in [0.1, 0.15) is 62.8 Å². The van der Waals surface area contributed by atoms with Gasteiger partial charge in [0.25, 0.3) is 5.91 Å². The highest BCUT2D eigenvalue weighted by Gasteiger charge is 2.21. The van der Waals surface area contributed by atoms with E-state index < -0.39 is 6.10 Å². The molecule has 4 nitrogen and oxygen atoms in total. The summed E-state index contributed by atoms with van der Waals surface area (Å²) in [6.45, 7) is 12.7. The topological polar surface area (TPSA) is 41.6 Å². The highest BCUT2D eigenvalue weighted by Crippen LogP contribution is 2.25. The van der Waals surface area contributed by atoms with Crippen LogP contribution >= 0.6 is 0 Å². The summed E-state index contributed by atoms with van der Waals surface area (Å²) < 4.78 is 6.01. The highest BCUT2D eigenvalue weighted by molar-refractivity contribution is 5.81. The van der Waals surface area contributed by atoms with Crippen LogP contribution in [0.25, 0.3) is 0 Å². The number of amides is 1. The first-order valence-corrected chi connectivity index (χ1v) is 11.3. The minimum Gasteiger partial charge on any atom is -0.481 e. The van der Waals surface area contributed by atoms with Gasteiger partial charge in [-0.2, -0.15) is 0 Å². The van der Waals surface area contributed by atoms with Gasteiger partial charge in [-0.1, -0.05) is 32.0 Å². The molecule has 2 aromatic carbocycles. The Kier molecular flexibility index (Phi) is 7.41. The van der Waals surface area contributed by atoms with Crippen molar-refractivity contribution in [3.63, 3.8) is 0 Å². The zero-order chi connectivity index (χ0) is 21.7. The van der Waals surface area contributed by atoms with Crippen LogP contribution in [0.4, 0.5) is 5.69 Å². The molecule has 1 heterocycles. The number of hydrogen-bond donors (Lipinski definition) is 1. The molecule has 1 aliphatic rings. The van der Waals surface area contributed by atoms with E-state index in [0.29, 0.717) is 6.42 Å². The molecule has 3 rings (SSSR count). The molecule has 1 saturated heterocycles. The summed E-state index contributed by atoms with van der Waals surface area (Å²) in [7, 11) is 0. The van der Waals surface area contributed by atoms with Crippen molar-refractivity contribution in [2.24, 2.45) is 5.92 Å². The first-order chi connectivity index (χ1) is 14.4. The van der Waals surface area contributed by atoms with Gasteiger partial charge in [-0.25, -0.2) is 0 Å². The molecule has 3 atom stereocenters. The zero-order valence-electron chi connectivity index (χ0n) is 19.1. The lowest BCUT2D eigenvalue weighted by atomic mass is 9.99. The third-order valence-electron chi connectivity index (χ3n) is 5.91. The average molecular weight is 409 g/mol. The van der Waals surface area contributed by atoms with Gasteiger partial charge >= 0.3 is 0 Å². The van der Waals surface area contributed by atoms with Gasteiger partial charge in [-0.05, 0) is 86.9 Å². The Hall–Kier alpha value is -2.49. The molecule has 1 amide bonds. The van der Waals surface area contributed by atoms with Crippen molar-refractivity contribution < 1.29 is 9.53 Å². The molecule has 0 aromatic heterocycles. The second kappa shape index (κ2) is 10.0. The molecule has 0 radical (unpaired) electrons. The smallest absolute Gasteiger partial charge is 0.261 e. The largest absolute Gasteiger partial charge is 0.481 e. The van der Waals surface area contributed by atoms with Gasteiger partial charge in [0.2, 0.25) is 0 Å². The number of benzene rings is 2. The van der Waals surface area contributed by atoms with Crippen molar-refractivity contribution in [2.75, 3.05) is 18.0 Å². The predicted octanol–water partition coefficient (Wildman–Crippen LogP) is 5.57. The Balaban J connectivity index is 1.60. The Morgan fingerprint density at radius 2 is 1.83 bits per heavy atom.